The molecule has 1 aromatic carbocycles. The molecule has 1 aliphatic carbocycles. The SMILES string of the molecule is CCOC(=O)[C@]1(Cc2cc(-c3ccccc3)no2)CCCN(C(=O)[C@@H]2C[C@@H]2C)C1. The quantitative estimate of drug-likeness (QED) is 0.696. The number of aromatic nitrogens is 1. The normalized spacial score (nSPS) is 26.2. The van der Waals surface area contributed by atoms with Gasteiger partial charge in [-0.2, -0.15) is 0 Å². The monoisotopic (exact) mass is 396 g/mol. The van der Waals surface area contributed by atoms with Crippen molar-refractivity contribution in [2.75, 3.05) is 19.7 Å². The topological polar surface area (TPSA) is 72.6 Å². The van der Waals surface area contributed by atoms with Gasteiger partial charge in [0.1, 0.15) is 11.5 Å². The van der Waals surface area contributed by atoms with Crippen molar-refractivity contribution in [3.63, 3.8) is 0 Å². The first-order valence-electron chi connectivity index (χ1n) is 10.5. The highest BCUT2D eigenvalue weighted by Crippen LogP contribution is 2.42. The van der Waals surface area contributed by atoms with Crippen LogP contribution in [0.25, 0.3) is 11.3 Å². The molecule has 29 heavy (non-hydrogen) atoms. The summed E-state index contributed by atoms with van der Waals surface area (Å²) in [4.78, 5) is 27.7. The Morgan fingerprint density at radius 2 is 2.07 bits per heavy atom. The average Bonchev–Trinajstić information content (AvgIpc) is 3.29. The molecule has 2 aliphatic rings. The highest BCUT2D eigenvalue weighted by molar-refractivity contribution is 5.84. The third kappa shape index (κ3) is 4.07. The maximum atomic E-state index is 13.0. The molecular weight excluding hydrogens is 368 g/mol. The zero-order chi connectivity index (χ0) is 20.4. The summed E-state index contributed by atoms with van der Waals surface area (Å²) < 4.78 is 11.0. The van der Waals surface area contributed by atoms with Gasteiger partial charge in [0.25, 0.3) is 0 Å². The Balaban J connectivity index is 1.56. The van der Waals surface area contributed by atoms with Crippen LogP contribution in [-0.4, -0.2) is 41.6 Å². The second kappa shape index (κ2) is 8.01. The Morgan fingerprint density at radius 3 is 2.76 bits per heavy atom. The lowest BCUT2D eigenvalue weighted by Crippen LogP contribution is -2.52. The number of likely N-dealkylation sites (tertiary alicyclic amines) is 1. The molecule has 1 amide bonds. The lowest BCUT2D eigenvalue weighted by molar-refractivity contribution is -0.161. The van der Waals surface area contributed by atoms with Gasteiger partial charge in [0.2, 0.25) is 5.91 Å². The molecule has 0 unspecified atom stereocenters. The number of esters is 1. The molecule has 6 heteroatoms. The Morgan fingerprint density at radius 1 is 1.31 bits per heavy atom. The predicted molar refractivity (Wildman–Crippen MR) is 108 cm³/mol. The third-order valence-corrected chi connectivity index (χ3v) is 6.16. The van der Waals surface area contributed by atoms with Gasteiger partial charge in [-0.05, 0) is 32.1 Å². The van der Waals surface area contributed by atoms with Crippen LogP contribution in [-0.2, 0) is 20.7 Å². The fourth-order valence-electron chi connectivity index (χ4n) is 4.36. The zero-order valence-electron chi connectivity index (χ0n) is 17.1. The van der Waals surface area contributed by atoms with Gasteiger partial charge in [-0.15, -0.1) is 0 Å². The molecule has 0 radical (unpaired) electrons. The summed E-state index contributed by atoms with van der Waals surface area (Å²) in [5.74, 6) is 1.13. The van der Waals surface area contributed by atoms with Gasteiger partial charge in [0, 0.05) is 37.1 Å². The number of rotatable bonds is 6. The van der Waals surface area contributed by atoms with Crippen molar-refractivity contribution in [3.8, 4) is 11.3 Å². The van der Waals surface area contributed by atoms with Gasteiger partial charge in [0.05, 0.1) is 12.0 Å². The van der Waals surface area contributed by atoms with Crippen molar-refractivity contribution in [3.05, 3.63) is 42.2 Å². The van der Waals surface area contributed by atoms with Crippen molar-refractivity contribution >= 4 is 11.9 Å². The van der Waals surface area contributed by atoms with Crippen LogP contribution in [0, 0.1) is 17.3 Å². The van der Waals surface area contributed by atoms with E-state index in [0.717, 1.165) is 24.1 Å². The fraction of sp³-hybridized carbons (Fsp3) is 0.522. The summed E-state index contributed by atoms with van der Waals surface area (Å²) in [6.45, 7) is 5.32. The smallest absolute Gasteiger partial charge is 0.314 e. The second-order valence-corrected chi connectivity index (χ2v) is 8.40. The van der Waals surface area contributed by atoms with E-state index in [0.29, 0.717) is 44.2 Å². The Bertz CT molecular complexity index is 878. The van der Waals surface area contributed by atoms with Crippen molar-refractivity contribution in [1.82, 2.24) is 10.1 Å². The van der Waals surface area contributed by atoms with Crippen LogP contribution >= 0.6 is 0 Å². The predicted octanol–water partition coefficient (Wildman–Crippen LogP) is 3.71. The van der Waals surface area contributed by atoms with E-state index in [2.05, 4.69) is 12.1 Å². The first kappa shape index (κ1) is 19.7. The minimum absolute atomic E-state index is 0.114. The van der Waals surface area contributed by atoms with E-state index in [1.165, 1.54) is 0 Å². The molecule has 1 aromatic heterocycles. The molecular formula is C23H28N2O4. The first-order valence-corrected chi connectivity index (χ1v) is 10.5. The number of carbonyl (C=O) groups excluding carboxylic acids is 2. The van der Waals surface area contributed by atoms with Gasteiger partial charge in [-0.1, -0.05) is 42.4 Å². The average molecular weight is 396 g/mol. The van der Waals surface area contributed by atoms with E-state index in [1.54, 1.807) is 0 Å². The van der Waals surface area contributed by atoms with Crippen LogP contribution in [0.2, 0.25) is 0 Å². The van der Waals surface area contributed by atoms with E-state index in [4.69, 9.17) is 9.26 Å². The summed E-state index contributed by atoms with van der Waals surface area (Å²) in [5, 5.41) is 4.18. The van der Waals surface area contributed by atoms with E-state index >= 15 is 0 Å². The van der Waals surface area contributed by atoms with Crippen molar-refractivity contribution < 1.29 is 18.8 Å². The highest BCUT2D eigenvalue weighted by atomic mass is 16.5. The summed E-state index contributed by atoms with van der Waals surface area (Å²) in [6, 6.07) is 11.7. The van der Waals surface area contributed by atoms with Crippen LogP contribution in [0.4, 0.5) is 0 Å². The molecule has 1 saturated heterocycles. The third-order valence-electron chi connectivity index (χ3n) is 6.16. The van der Waals surface area contributed by atoms with Crippen LogP contribution < -0.4 is 0 Å². The zero-order valence-corrected chi connectivity index (χ0v) is 17.1. The van der Waals surface area contributed by atoms with Gasteiger partial charge >= 0.3 is 5.97 Å². The van der Waals surface area contributed by atoms with E-state index in [9.17, 15) is 9.59 Å². The molecule has 6 nitrogen and oxygen atoms in total. The summed E-state index contributed by atoms with van der Waals surface area (Å²) in [5.41, 5.74) is 0.932. The Hall–Kier alpha value is -2.63. The molecule has 1 saturated carbocycles. The largest absolute Gasteiger partial charge is 0.466 e. The molecule has 2 aromatic rings. The maximum absolute atomic E-state index is 13.0. The first-order chi connectivity index (χ1) is 14.0. The number of benzene rings is 1. The lowest BCUT2D eigenvalue weighted by atomic mass is 9.76. The standard InChI is InChI=1S/C23H28N2O4/c1-3-28-22(27)23(10-7-11-25(15-23)21(26)19-12-16(19)2)14-18-13-20(24-29-18)17-8-5-4-6-9-17/h4-6,8-9,13,16,19H,3,7,10-12,14-15H2,1-2H3/t16-,19+,23-/m0/s1. The van der Waals surface area contributed by atoms with Gasteiger partial charge in [0.15, 0.2) is 0 Å². The number of hydrogen-bond acceptors (Lipinski definition) is 5. The van der Waals surface area contributed by atoms with Crippen LogP contribution in [0.5, 0.6) is 0 Å². The number of ether oxygens (including phenoxy) is 1. The highest BCUT2D eigenvalue weighted by Gasteiger charge is 2.49. The molecule has 3 atom stereocenters. The number of hydrogen-bond donors (Lipinski definition) is 0. The van der Waals surface area contributed by atoms with Gasteiger partial charge < -0.3 is 14.2 Å². The van der Waals surface area contributed by atoms with Crippen LogP contribution in [0.3, 0.4) is 0 Å². The minimum Gasteiger partial charge on any atom is -0.466 e. The lowest BCUT2D eigenvalue weighted by Gasteiger charge is -2.40. The van der Waals surface area contributed by atoms with Crippen LogP contribution in [0.1, 0.15) is 38.9 Å². The summed E-state index contributed by atoms with van der Waals surface area (Å²) >= 11 is 0. The molecule has 0 spiro atoms. The Kier molecular flexibility index (Phi) is 5.43. The van der Waals surface area contributed by atoms with Crippen molar-refractivity contribution in [1.29, 1.82) is 0 Å². The molecule has 154 valence electrons. The minimum atomic E-state index is -0.782. The number of piperidine rings is 1. The van der Waals surface area contributed by atoms with E-state index < -0.39 is 5.41 Å². The molecule has 2 heterocycles. The summed E-state index contributed by atoms with van der Waals surface area (Å²) in [6.07, 6.45) is 2.79. The maximum Gasteiger partial charge on any atom is 0.314 e. The molecule has 2 fully saturated rings. The Labute approximate surface area is 171 Å². The van der Waals surface area contributed by atoms with Crippen molar-refractivity contribution in [2.45, 2.75) is 39.5 Å². The molecule has 0 N–H and O–H groups in total. The van der Waals surface area contributed by atoms with Gasteiger partial charge in [-0.25, -0.2) is 0 Å². The second-order valence-electron chi connectivity index (χ2n) is 8.40. The van der Waals surface area contributed by atoms with Gasteiger partial charge in [-0.3, -0.25) is 9.59 Å². The fourth-order valence-corrected chi connectivity index (χ4v) is 4.36. The molecule has 4 rings (SSSR count). The van der Waals surface area contributed by atoms with Crippen molar-refractivity contribution in [2.24, 2.45) is 17.3 Å². The number of nitrogens with zero attached hydrogens (tertiary/aromatic N) is 2. The van der Waals surface area contributed by atoms with E-state index in [1.807, 2.05) is 48.2 Å². The summed E-state index contributed by atoms with van der Waals surface area (Å²) in [7, 11) is 0. The molecule has 0 bridgehead atoms. The molecule has 1 aliphatic heterocycles. The number of amides is 1. The van der Waals surface area contributed by atoms with E-state index in [-0.39, 0.29) is 17.8 Å². The van der Waals surface area contributed by atoms with Crippen LogP contribution in [0.15, 0.2) is 40.9 Å². The number of carbonyl (C=O) groups is 2.